The Bertz CT molecular complexity index is 1150. The zero-order valence-electron chi connectivity index (χ0n) is 16.7. The second kappa shape index (κ2) is 7.28. The van der Waals surface area contributed by atoms with Crippen LogP contribution in [-0.2, 0) is 0 Å². The molecule has 4 aromatic rings. The fourth-order valence-corrected chi connectivity index (χ4v) is 5.30. The fourth-order valence-electron chi connectivity index (χ4n) is 4.25. The van der Waals surface area contributed by atoms with Crippen molar-refractivity contribution in [3.63, 3.8) is 0 Å². The molecule has 1 aliphatic heterocycles. The van der Waals surface area contributed by atoms with Gasteiger partial charge in [-0.3, -0.25) is 9.69 Å². The van der Waals surface area contributed by atoms with Crippen LogP contribution in [0.1, 0.15) is 34.0 Å². The third-order valence-corrected chi connectivity index (χ3v) is 7.13. The van der Waals surface area contributed by atoms with E-state index in [9.17, 15) is 4.79 Å². The Hall–Kier alpha value is -2.70. The molecule has 148 valence electrons. The number of rotatable bonds is 3. The first kappa shape index (κ1) is 18.3. The molecule has 0 spiro atoms. The van der Waals surface area contributed by atoms with E-state index in [0.29, 0.717) is 0 Å². The van der Waals surface area contributed by atoms with E-state index < -0.39 is 0 Å². The maximum atomic E-state index is 13.2. The molecule has 2 aromatic carbocycles. The van der Waals surface area contributed by atoms with Gasteiger partial charge in [0.05, 0.1) is 21.8 Å². The van der Waals surface area contributed by atoms with Gasteiger partial charge in [-0.15, -0.1) is 11.3 Å². The minimum absolute atomic E-state index is 0.132. The van der Waals surface area contributed by atoms with Gasteiger partial charge in [-0.05, 0) is 32.0 Å². The van der Waals surface area contributed by atoms with Gasteiger partial charge in [0.2, 0.25) is 0 Å². The molecule has 0 bridgehead atoms. The largest absolute Gasteiger partial charge is 0.358 e. The predicted octanol–water partition coefficient (Wildman–Crippen LogP) is 4.61. The number of H-pyrrole nitrogens is 1. The van der Waals surface area contributed by atoms with E-state index >= 15 is 0 Å². The molecule has 1 saturated heterocycles. The van der Waals surface area contributed by atoms with Crippen molar-refractivity contribution < 1.29 is 4.79 Å². The van der Waals surface area contributed by atoms with E-state index in [1.165, 1.54) is 4.70 Å². The number of amides is 1. The number of piperazine rings is 1. The zero-order chi connectivity index (χ0) is 20.0. The van der Waals surface area contributed by atoms with Crippen molar-refractivity contribution in [3.05, 3.63) is 64.8 Å². The summed E-state index contributed by atoms with van der Waals surface area (Å²) in [6.07, 6.45) is 0. The number of benzene rings is 2. The van der Waals surface area contributed by atoms with Crippen LogP contribution >= 0.6 is 11.3 Å². The summed E-state index contributed by atoms with van der Waals surface area (Å²) in [5.41, 5.74) is 3.86. The first-order valence-corrected chi connectivity index (χ1v) is 10.9. The van der Waals surface area contributed by atoms with Crippen molar-refractivity contribution >= 4 is 38.4 Å². The first-order valence-electron chi connectivity index (χ1n) is 10.1. The molecule has 0 unspecified atom stereocenters. The van der Waals surface area contributed by atoms with Crippen LogP contribution in [0.5, 0.6) is 0 Å². The SMILES string of the molecule is Cc1[nH]c2ccccc2c1C(=O)N1CCN([C@@H](C)c2nc3ccccc3s2)CC1. The lowest BCUT2D eigenvalue weighted by Crippen LogP contribution is -2.49. The van der Waals surface area contributed by atoms with Crippen molar-refractivity contribution in [2.45, 2.75) is 19.9 Å². The van der Waals surface area contributed by atoms with E-state index in [-0.39, 0.29) is 11.9 Å². The number of aromatic amines is 1. The summed E-state index contributed by atoms with van der Waals surface area (Å²) in [6.45, 7) is 7.42. The highest BCUT2D eigenvalue weighted by Crippen LogP contribution is 2.30. The zero-order valence-corrected chi connectivity index (χ0v) is 17.5. The molecule has 29 heavy (non-hydrogen) atoms. The van der Waals surface area contributed by atoms with Crippen LogP contribution in [-0.4, -0.2) is 51.9 Å². The van der Waals surface area contributed by atoms with Crippen molar-refractivity contribution in [2.75, 3.05) is 26.2 Å². The van der Waals surface area contributed by atoms with Gasteiger partial charge >= 0.3 is 0 Å². The Morgan fingerprint density at radius 1 is 1.07 bits per heavy atom. The van der Waals surface area contributed by atoms with Gasteiger partial charge < -0.3 is 9.88 Å². The first-order chi connectivity index (χ1) is 14.1. The Morgan fingerprint density at radius 3 is 2.59 bits per heavy atom. The molecular formula is C23H24N4OS. The summed E-state index contributed by atoms with van der Waals surface area (Å²) in [5, 5.41) is 2.17. The van der Waals surface area contributed by atoms with Gasteiger partial charge in [0.15, 0.2) is 0 Å². The Labute approximate surface area is 174 Å². The summed E-state index contributed by atoms with van der Waals surface area (Å²) < 4.78 is 1.23. The lowest BCUT2D eigenvalue weighted by molar-refractivity contribution is 0.0583. The number of carbonyl (C=O) groups excluding carboxylic acids is 1. The molecule has 1 fully saturated rings. The van der Waals surface area contributed by atoms with Crippen molar-refractivity contribution in [1.82, 2.24) is 19.8 Å². The topological polar surface area (TPSA) is 52.2 Å². The van der Waals surface area contributed by atoms with Gasteiger partial charge in [0, 0.05) is 42.8 Å². The van der Waals surface area contributed by atoms with E-state index in [4.69, 9.17) is 4.98 Å². The number of aryl methyl sites for hydroxylation is 1. The van der Waals surface area contributed by atoms with Gasteiger partial charge in [0.25, 0.3) is 5.91 Å². The summed E-state index contributed by atoms with van der Waals surface area (Å²) >= 11 is 1.77. The number of nitrogens with zero attached hydrogens (tertiary/aromatic N) is 3. The molecule has 6 heteroatoms. The van der Waals surface area contributed by atoms with Crippen molar-refractivity contribution in [2.24, 2.45) is 0 Å². The predicted molar refractivity (Wildman–Crippen MR) is 119 cm³/mol. The Balaban J connectivity index is 1.30. The number of fused-ring (bicyclic) bond motifs is 2. The highest BCUT2D eigenvalue weighted by atomic mass is 32.1. The smallest absolute Gasteiger partial charge is 0.256 e. The molecule has 3 heterocycles. The van der Waals surface area contributed by atoms with Gasteiger partial charge in [0.1, 0.15) is 5.01 Å². The lowest BCUT2D eigenvalue weighted by atomic mass is 10.1. The third kappa shape index (κ3) is 3.22. The Kier molecular flexibility index (Phi) is 4.60. The van der Waals surface area contributed by atoms with Gasteiger partial charge in [-0.2, -0.15) is 0 Å². The lowest BCUT2D eigenvalue weighted by Gasteiger charge is -2.37. The maximum absolute atomic E-state index is 13.2. The molecule has 5 rings (SSSR count). The van der Waals surface area contributed by atoms with Gasteiger partial charge in [-0.1, -0.05) is 30.3 Å². The van der Waals surface area contributed by atoms with Crippen LogP contribution in [0.4, 0.5) is 0 Å². The minimum Gasteiger partial charge on any atom is -0.358 e. The molecule has 2 aromatic heterocycles. The quantitative estimate of drug-likeness (QED) is 0.543. The fraction of sp³-hybridized carbons (Fsp3) is 0.304. The third-order valence-electron chi connectivity index (χ3n) is 5.92. The van der Waals surface area contributed by atoms with Crippen LogP contribution in [0, 0.1) is 6.92 Å². The highest BCUT2D eigenvalue weighted by Gasteiger charge is 2.28. The maximum Gasteiger partial charge on any atom is 0.256 e. The molecule has 0 aliphatic carbocycles. The molecule has 0 saturated carbocycles. The highest BCUT2D eigenvalue weighted by molar-refractivity contribution is 7.18. The van der Waals surface area contributed by atoms with E-state index in [2.05, 4.69) is 35.0 Å². The van der Waals surface area contributed by atoms with Crippen LogP contribution in [0.25, 0.3) is 21.1 Å². The van der Waals surface area contributed by atoms with Crippen LogP contribution in [0.3, 0.4) is 0 Å². The van der Waals surface area contributed by atoms with E-state index in [0.717, 1.165) is 58.9 Å². The number of nitrogens with one attached hydrogen (secondary N) is 1. The number of thiazole rings is 1. The minimum atomic E-state index is 0.132. The summed E-state index contributed by atoms with van der Waals surface area (Å²) in [4.78, 5) is 25.8. The number of aromatic nitrogens is 2. The average Bonchev–Trinajstić information content (AvgIpc) is 3.33. The average molecular weight is 405 g/mol. The second-order valence-corrected chi connectivity index (χ2v) is 8.76. The van der Waals surface area contributed by atoms with Crippen LogP contribution in [0.2, 0.25) is 0 Å². The number of para-hydroxylation sites is 2. The van der Waals surface area contributed by atoms with Crippen LogP contribution in [0.15, 0.2) is 48.5 Å². The normalized spacial score (nSPS) is 16.6. The Morgan fingerprint density at radius 2 is 1.79 bits per heavy atom. The standard InChI is InChI=1S/C23H24N4OS/c1-15-21(17-7-3-4-8-18(17)24-15)23(28)27-13-11-26(12-14-27)16(2)22-25-19-9-5-6-10-20(19)29-22/h3-10,16,24H,11-14H2,1-2H3/t16-/m0/s1. The molecule has 1 atom stereocenters. The number of hydrogen-bond acceptors (Lipinski definition) is 4. The van der Waals surface area contributed by atoms with E-state index in [1.54, 1.807) is 11.3 Å². The molecule has 5 nitrogen and oxygen atoms in total. The molecule has 1 amide bonds. The number of hydrogen-bond donors (Lipinski definition) is 1. The monoisotopic (exact) mass is 404 g/mol. The summed E-state index contributed by atoms with van der Waals surface area (Å²) in [6, 6.07) is 16.6. The number of carbonyl (C=O) groups is 1. The van der Waals surface area contributed by atoms with Gasteiger partial charge in [-0.25, -0.2) is 4.98 Å². The van der Waals surface area contributed by atoms with E-state index in [1.807, 2.05) is 42.2 Å². The molecule has 1 N–H and O–H groups in total. The molecular weight excluding hydrogens is 380 g/mol. The van der Waals surface area contributed by atoms with Crippen molar-refractivity contribution in [3.8, 4) is 0 Å². The second-order valence-electron chi connectivity index (χ2n) is 7.69. The molecule has 1 aliphatic rings. The summed E-state index contributed by atoms with van der Waals surface area (Å²) in [5.74, 6) is 0.132. The summed E-state index contributed by atoms with van der Waals surface area (Å²) in [7, 11) is 0. The molecule has 0 radical (unpaired) electrons. The van der Waals surface area contributed by atoms with Crippen LogP contribution < -0.4 is 0 Å². The van der Waals surface area contributed by atoms with Crippen molar-refractivity contribution in [1.29, 1.82) is 0 Å².